The minimum Gasteiger partial charge on any atom is -0.468 e. The standard InChI is InChI=1S/C34H37N3O6S/c1-24-30(33(38)42-3)32(27-14-10-15-28(22-27)37(40)41)31(25(2)35-24)34(39)43-20-11-18-36(23-26-12-6-4-7-13-26)19-21-44-29-16-8-5-9-17-29/h4-10,12-17,22,30,32H,11,18-21,23H2,1-3H3. The van der Waals surface area contributed by atoms with Gasteiger partial charge in [-0.05, 0) is 43.5 Å². The molecule has 0 spiro atoms. The molecule has 1 aliphatic heterocycles. The molecule has 0 fully saturated rings. The number of rotatable bonds is 14. The molecule has 3 aromatic carbocycles. The fraction of sp³-hybridized carbons (Fsp3) is 0.324. The number of hydrogen-bond acceptors (Lipinski definition) is 9. The number of nitrogens with zero attached hydrogens (tertiary/aromatic N) is 3. The maximum Gasteiger partial charge on any atom is 0.336 e. The second-order valence-electron chi connectivity index (χ2n) is 10.5. The van der Waals surface area contributed by atoms with Gasteiger partial charge >= 0.3 is 11.9 Å². The van der Waals surface area contributed by atoms with E-state index in [-0.39, 0.29) is 17.9 Å². The van der Waals surface area contributed by atoms with E-state index in [1.165, 1.54) is 29.7 Å². The second kappa shape index (κ2) is 16.0. The number of ether oxygens (including phenoxy) is 2. The fourth-order valence-corrected chi connectivity index (χ4v) is 6.31. The highest BCUT2D eigenvalue weighted by Crippen LogP contribution is 2.41. The Morgan fingerprint density at radius 1 is 0.977 bits per heavy atom. The molecule has 230 valence electrons. The number of non-ortho nitro benzene ring substituents is 1. The summed E-state index contributed by atoms with van der Waals surface area (Å²) in [7, 11) is 1.27. The minimum atomic E-state index is -0.920. The molecule has 1 heterocycles. The summed E-state index contributed by atoms with van der Waals surface area (Å²) >= 11 is 1.80. The molecule has 0 saturated carbocycles. The second-order valence-corrected chi connectivity index (χ2v) is 11.7. The predicted molar refractivity (Wildman–Crippen MR) is 172 cm³/mol. The Kier molecular flexibility index (Phi) is 11.8. The van der Waals surface area contributed by atoms with Crippen LogP contribution in [0.1, 0.15) is 37.3 Å². The lowest BCUT2D eigenvalue weighted by molar-refractivity contribution is -0.384. The first-order chi connectivity index (χ1) is 21.3. The molecular formula is C34H37N3O6S. The van der Waals surface area contributed by atoms with Crippen LogP contribution in [0.15, 0.2) is 106 Å². The maximum atomic E-state index is 13.6. The van der Waals surface area contributed by atoms with Gasteiger partial charge in [-0.25, -0.2) is 4.79 Å². The number of esters is 2. The highest BCUT2D eigenvalue weighted by Gasteiger charge is 2.42. The summed E-state index contributed by atoms with van der Waals surface area (Å²) in [4.78, 5) is 45.5. The van der Waals surface area contributed by atoms with E-state index in [0.29, 0.717) is 29.9 Å². The Labute approximate surface area is 262 Å². The van der Waals surface area contributed by atoms with Gasteiger partial charge in [0.15, 0.2) is 0 Å². The van der Waals surface area contributed by atoms with Crippen LogP contribution in [-0.4, -0.2) is 60.0 Å². The van der Waals surface area contributed by atoms with Gasteiger partial charge in [-0.15, -0.1) is 11.8 Å². The van der Waals surface area contributed by atoms with Gasteiger partial charge < -0.3 is 9.47 Å². The number of nitro benzene ring substituents is 1. The van der Waals surface area contributed by atoms with E-state index in [1.807, 2.05) is 36.4 Å². The minimum absolute atomic E-state index is 0.138. The van der Waals surface area contributed by atoms with Crippen LogP contribution in [0.2, 0.25) is 0 Å². The lowest BCUT2D eigenvalue weighted by Gasteiger charge is -2.31. The Morgan fingerprint density at radius 3 is 2.36 bits per heavy atom. The van der Waals surface area contributed by atoms with Gasteiger partial charge in [0.2, 0.25) is 0 Å². The number of nitro groups is 1. The molecule has 1 aliphatic rings. The summed E-state index contributed by atoms with van der Waals surface area (Å²) in [6.45, 7) is 5.89. The van der Waals surface area contributed by atoms with E-state index >= 15 is 0 Å². The van der Waals surface area contributed by atoms with Crippen LogP contribution in [0.4, 0.5) is 5.69 Å². The van der Waals surface area contributed by atoms with Crippen LogP contribution in [0.3, 0.4) is 0 Å². The number of thioether (sulfide) groups is 1. The predicted octanol–water partition coefficient (Wildman–Crippen LogP) is 6.44. The van der Waals surface area contributed by atoms with Crippen molar-refractivity contribution in [1.82, 2.24) is 4.90 Å². The molecule has 0 bridgehead atoms. The van der Waals surface area contributed by atoms with E-state index < -0.39 is 28.7 Å². The molecule has 2 atom stereocenters. The number of hydrogen-bond donors (Lipinski definition) is 0. The quantitative estimate of drug-likeness (QED) is 0.0670. The van der Waals surface area contributed by atoms with Crippen molar-refractivity contribution < 1.29 is 24.0 Å². The van der Waals surface area contributed by atoms with Crippen molar-refractivity contribution in [2.24, 2.45) is 10.9 Å². The monoisotopic (exact) mass is 615 g/mol. The van der Waals surface area contributed by atoms with E-state index in [9.17, 15) is 19.7 Å². The van der Waals surface area contributed by atoms with Gasteiger partial charge in [0, 0.05) is 59.7 Å². The van der Waals surface area contributed by atoms with E-state index in [0.717, 1.165) is 18.8 Å². The molecule has 44 heavy (non-hydrogen) atoms. The topological polar surface area (TPSA) is 111 Å². The van der Waals surface area contributed by atoms with Crippen LogP contribution < -0.4 is 0 Å². The van der Waals surface area contributed by atoms with Gasteiger partial charge in [0.05, 0.1) is 24.2 Å². The first kappa shape index (κ1) is 32.6. The molecule has 0 saturated heterocycles. The highest BCUT2D eigenvalue weighted by atomic mass is 32.2. The summed E-state index contributed by atoms with van der Waals surface area (Å²) < 4.78 is 10.8. The van der Waals surface area contributed by atoms with Crippen molar-refractivity contribution >= 4 is 35.1 Å². The third-order valence-corrected chi connectivity index (χ3v) is 8.46. The average Bonchev–Trinajstić information content (AvgIpc) is 3.03. The normalized spacial score (nSPS) is 16.4. The lowest BCUT2D eigenvalue weighted by atomic mass is 9.75. The Hall–Kier alpha value is -4.28. The van der Waals surface area contributed by atoms with E-state index in [2.05, 4.69) is 34.2 Å². The van der Waals surface area contributed by atoms with Crippen LogP contribution in [0.5, 0.6) is 0 Å². The average molecular weight is 616 g/mol. The summed E-state index contributed by atoms with van der Waals surface area (Å²) in [6.07, 6.45) is 0.602. The van der Waals surface area contributed by atoms with Gasteiger partial charge in [0.1, 0.15) is 5.92 Å². The smallest absolute Gasteiger partial charge is 0.336 e. The van der Waals surface area contributed by atoms with Crippen molar-refractivity contribution in [3.05, 3.63) is 117 Å². The number of allylic oxidation sites excluding steroid dienone is 1. The number of methoxy groups -OCH3 is 1. The van der Waals surface area contributed by atoms with Crippen molar-refractivity contribution in [3.63, 3.8) is 0 Å². The SMILES string of the molecule is COC(=O)C1C(C)=NC(C)=C(C(=O)OCCCN(CCSc2ccccc2)Cc2ccccc2)C1c1cccc([N+](=O)[O-])c1. The molecule has 4 rings (SSSR count). The molecule has 0 amide bonds. The van der Waals surface area contributed by atoms with Crippen LogP contribution >= 0.6 is 11.8 Å². The highest BCUT2D eigenvalue weighted by molar-refractivity contribution is 7.99. The van der Waals surface area contributed by atoms with Crippen molar-refractivity contribution in [3.8, 4) is 0 Å². The third kappa shape index (κ3) is 8.64. The van der Waals surface area contributed by atoms with Crippen molar-refractivity contribution in [1.29, 1.82) is 0 Å². The Morgan fingerprint density at radius 2 is 1.68 bits per heavy atom. The largest absolute Gasteiger partial charge is 0.468 e. The molecule has 2 unspecified atom stereocenters. The Bertz CT molecular complexity index is 1510. The summed E-state index contributed by atoms with van der Waals surface area (Å²) in [5, 5.41) is 11.5. The number of carbonyl (C=O) groups is 2. The maximum absolute atomic E-state index is 13.6. The number of aliphatic imine (C=N–C) groups is 1. The molecule has 0 aliphatic carbocycles. The van der Waals surface area contributed by atoms with Gasteiger partial charge in [-0.1, -0.05) is 60.7 Å². The number of carbonyl (C=O) groups excluding carboxylic acids is 2. The zero-order valence-electron chi connectivity index (χ0n) is 25.2. The van der Waals surface area contributed by atoms with Crippen LogP contribution in [-0.2, 0) is 25.6 Å². The molecule has 10 heteroatoms. The third-order valence-electron chi connectivity index (χ3n) is 7.46. The first-order valence-electron chi connectivity index (χ1n) is 14.5. The molecule has 3 aromatic rings. The first-order valence-corrected chi connectivity index (χ1v) is 15.5. The summed E-state index contributed by atoms with van der Waals surface area (Å²) in [5.74, 6) is -2.02. The van der Waals surface area contributed by atoms with Crippen LogP contribution in [0, 0.1) is 16.0 Å². The number of benzene rings is 3. The molecular weight excluding hydrogens is 578 g/mol. The molecule has 9 nitrogen and oxygen atoms in total. The van der Waals surface area contributed by atoms with Crippen molar-refractivity contribution in [2.75, 3.05) is 32.6 Å². The molecule has 0 N–H and O–H groups in total. The zero-order valence-corrected chi connectivity index (χ0v) is 26.0. The van der Waals surface area contributed by atoms with Gasteiger partial charge in [0.25, 0.3) is 5.69 Å². The summed E-state index contributed by atoms with van der Waals surface area (Å²) in [5.41, 5.74) is 2.59. The van der Waals surface area contributed by atoms with E-state index in [4.69, 9.17) is 9.47 Å². The van der Waals surface area contributed by atoms with E-state index in [1.54, 1.807) is 37.7 Å². The van der Waals surface area contributed by atoms with Crippen molar-refractivity contribution in [2.45, 2.75) is 37.6 Å². The fourth-order valence-electron chi connectivity index (χ4n) is 5.38. The lowest BCUT2D eigenvalue weighted by Crippen LogP contribution is -2.36. The molecule has 0 radical (unpaired) electrons. The van der Waals surface area contributed by atoms with Crippen LogP contribution in [0.25, 0.3) is 0 Å². The molecule has 0 aromatic heterocycles. The Balaban J connectivity index is 1.45. The zero-order chi connectivity index (χ0) is 31.5. The van der Waals surface area contributed by atoms with Gasteiger partial charge in [-0.3, -0.25) is 24.8 Å². The summed E-state index contributed by atoms with van der Waals surface area (Å²) in [6, 6.07) is 26.5. The van der Waals surface area contributed by atoms with Gasteiger partial charge in [-0.2, -0.15) is 0 Å².